The lowest BCUT2D eigenvalue weighted by Gasteiger charge is -1.99. The summed E-state index contributed by atoms with van der Waals surface area (Å²) in [4.78, 5) is 19.5. The number of aromatic nitrogens is 2. The second kappa shape index (κ2) is 4.32. The maximum absolute atomic E-state index is 11.9. The van der Waals surface area contributed by atoms with Crippen LogP contribution in [-0.4, -0.2) is 15.8 Å². The van der Waals surface area contributed by atoms with Gasteiger partial charge in [-0.2, -0.15) is 5.26 Å². The summed E-state index contributed by atoms with van der Waals surface area (Å²) in [6.07, 6.45) is 1.40. The fourth-order valence-corrected chi connectivity index (χ4v) is 1.28. The largest absolute Gasteiger partial charge is 0.287 e. The molecular weight excluding hydrogens is 202 g/mol. The van der Waals surface area contributed by atoms with Gasteiger partial charge >= 0.3 is 0 Å². The molecule has 0 saturated carbocycles. The minimum absolute atomic E-state index is 0.00165. The second-order valence-electron chi connectivity index (χ2n) is 3.07. The van der Waals surface area contributed by atoms with Crippen molar-refractivity contribution in [2.24, 2.45) is 0 Å². The lowest BCUT2D eigenvalue weighted by atomic mass is 10.1. The molecule has 0 aliphatic carbocycles. The quantitative estimate of drug-likeness (QED) is 0.704. The number of hydrogen-bond donors (Lipinski definition) is 0. The SMILES string of the molecule is N#Cc1nccc(C(=O)c2ccccc2)n1. The first-order valence-electron chi connectivity index (χ1n) is 4.64. The van der Waals surface area contributed by atoms with Crippen molar-refractivity contribution < 1.29 is 4.79 Å². The Morgan fingerprint density at radius 3 is 2.62 bits per heavy atom. The van der Waals surface area contributed by atoms with Gasteiger partial charge in [-0.25, -0.2) is 9.97 Å². The Hall–Kier alpha value is -2.54. The average molecular weight is 209 g/mol. The van der Waals surface area contributed by atoms with Gasteiger partial charge in [-0.1, -0.05) is 30.3 Å². The molecule has 0 aliphatic rings. The number of carbonyl (C=O) groups is 1. The zero-order valence-corrected chi connectivity index (χ0v) is 8.29. The third-order valence-electron chi connectivity index (χ3n) is 2.02. The second-order valence-corrected chi connectivity index (χ2v) is 3.07. The minimum Gasteiger partial charge on any atom is -0.287 e. The Bertz CT molecular complexity index is 558. The molecular formula is C12H7N3O. The maximum atomic E-state index is 11.9. The molecule has 1 heterocycles. The Morgan fingerprint density at radius 1 is 1.19 bits per heavy atom. The highest BCUT2D eigenvalue weighted by Gasteiger charge is 2.10. The van der Waals surface area contributed by atoms with Gasteiger partial charge in [0.1, 0.15) is 11.8 Å². The molecule has 0 N–H and O–H groups in total. The first kappa shape index (κ1) is 9.99. The van der Waals surface area contributed by atoms with Crippen LogP contribution in [0.5, 0.6) is 0 Å². The molecule has 0 saturated heterocycles. The molecule has 0 atom stereocenters. The van der Waals surface area contributed by atoms with E-state index in [0.29, 0.717) is 5.56 Å². The zero-order chi connectivity index (χ0) is 11.4. The third kappa shape index (κ3) is 1.93. The normalized spacial score (nSPS) is 9.44. The van der Waals surface area contributed by atoms with Crippen LogP contribution in [-0.2, 0) is 0 Å². The van der Waals surface area contributed by atoms with Gasteiger partial charge in [-0.3, -0.25) is 4.79 Å². The smallest absolute Gasteiger partial charge is 0.232 e. The van der Waals surface area contributed by atoms with E-state index in [1.807, 2.05) is 6.07 Å². The number of rotatable bonds is 2. The van der Waals surface area contributed by atoms with Crippen molar-refractivity contribution in [2.45, 2.75) is 0 Å². The van der Waals surface area contributed by atoms with E-state index in [2.05, 4.69) is 9.97 Å². The number of nitriles is 1. The van der Waals surface area contributed by atoms with Crippen LogP contribution >= 0.6 is 0 Å². The molecule has 0 aliphatic heterocycles. The minimum atomic E-state index is -0.209. The van der Waals surface area contributed by atoms with Gasteiger partial charge in [0.25, 0.3) is 0 Å². The highest BCUT2D eigenvalue weighted by molar-refractivity contribution is 6.07. The molecule has 4 nitrogen and oxygen atoms in total. The average Bonchev–Trinajstić information content (AvgIpc) is 2.39. The Morgan fingerprint density at radius 2 is 1.94 bits per heavy atom. The van der Waals surface area contributed by atoms with Crippen molar-refractivity contribution in [3.05, 3.63) is 59.7 Å². The molecule has 1 aromatic carbocycles. The van der Waals surface area contributed by atoms with E-state index in [9.17, 15) is 4.79 Å². The monoisotopic (exact) mass is 209 g/mol. The molecule has 0 bridgehead atoms. The van der Waals surface area contributed by atoms with Gasteiger partial charge in [0, 0.05) is 11.8 Å². The molecule has 76 valence electrons. The van der Waals surface area contributed by atoms with E-state index in [1.165, 1.54) is 12.3 Å². The molecule has 0 fully saturated rings. The molecule has 4 heteroatoms. The van der Waals surface area contributed by atoms with Crippen molar-refractivity contribution in [3.63, 3.8) is 0 Å². The van der Waals surface area contributed by atoms with Crippen LogP contribution in [0.2, 0.25) is 0 Å². The first-order valence-corrected chi connectivity index (χ1v) is 4.64. The van der Waals surface area contributed by atoms with E-state index >= 15 is 0 Å². The van der Waals surface area contributed by atoms with Crippen LogP contribution in [0.15, 0.2) is 42.6 Å². The number of benzene rings is 1. The van der Waals surface area contributed by atoms with Crippen molar-refractivity contribution in [1.29, 1.82) is 5.26 Å². The summed E-state index contributed by atoms with van der Waals surface area (Å²) in [5, 5.41) is 8.63. The Labute approximate surface area is 92.2 Å². The number of ketones is 1. The fraction of sp³-hybridized carbons (Fsp3) is 0. The summed E-state index contributed by atoms with van der Waals surface area (Å²) in [7, 11) is 0. The highest BCUT2D eigenvalue weighted by atomic mass is 16.1. The molecule has 2 aromatic rings. The molecule has 1 aromatic heterocycles. The first-order chi connectivity index (χ1) is 7.81. The molecule has 2 rings (SSSR count). The van der Waals surface area contributed by atoms with Gasteiger partial charge in [-0.15, -0.1) is 0 Å². The lowest BCUT2D eigenvalue weighted by molar-refractivity contribution is 0.103. The van der Waals surface area contributed by atoms with E-state index in [1.54, 1.807) is 30.3 Å². The molecule has 0 spiro atoms. The highest BCUT2D eigenvalue weighted by Crippen LogP contribution is 2.06. The third-order valence-corrected chi connectivity index (χ3v) is 2.02. The molecule has 0 radical (unpaired) electrons. The van der Waals surface area contributed by atoms with E-state index in [4.69, 9.17) is 5.26 Å². The van der Waals surface area contributed by atoms with Crippen molar-refractivity contribution in [3.8, 4) is 6.07 Å². The number of nitrogens with zero attached hydrogens (tertiary/aromatic N) is 3. The van der Waals surface area contributed by atoms with Gasteiger partial charge in [0.15, 0.2) is 0 Å². The predicted molar refractivity (Wildman–Crippen MR) is 56.6 cm³/mol. The summed E-state index contributed by atoms with van der Waals surface area (Å²) in [5.41, 5.74) is 0.780. The Balaban J connectivity index is 2.39. The van der Waals surface area contributed by atoms with Gasteiger partial charge in [-0.05, 0) is 6.07 Å². The summed E-state index contributed by atoms with van der Waals surface area (Å²) in [6, 6.07) is 12.1. The van der Waals surface area contributed by atoms with Crippen molar-refractivity contribution >= 4 is 5.78 Å². The van der Waals surface area contributed by atoms with E-state index in [0.717, 1.165) is 0 Å². The standard InChI is InChI=1S/C12H7N3O/c13-8-11-14-7-6-10(15-11)12(16)9-4-2-1-3-5-9/h1-7H. The summed E-state index contributed by atoms with van der Waals surface area (Å²) >= 11 is 0. The molecule has 16 heavy (non-hydrogen) atoms. The van der Waals surface area contributed by atoms with Crippen LogP contribution in [0, 0.1) is 11.3 Å². The predicted octanol–water partition coefficient (Wildman–Crippen LogP) is 1.58. The van der Waals surface area contributed by atoms with Gasteiger partial charge in [0.05, 0.1) is 0 Å². The Kier molecular flexibility index (Phi) is 2.70. The summed E-state index contributed by atoms with van der Waals surface area (Å²) in [6.45, 7) is 0. The zero-order valence-electron chi connectivity index (χ0n) is 8.29. The van der Waals surface area contributed by atoms with Crippen LogP contribution in [0.1, 0.15) is 21.9 Å². The van der Waals surface area contributed by atoms with Gasteiger partial charge < -0.3 is 0 Å². The van der Waals surface area contributed by atoms with Crippen LogP contribution < -0.4 is 0 Å². The summed E-state index contributed by atoms with van der Waals surface area (Å²) in [5.74, 6) is -0.207. The van der Waals surface area contributed by atoms with E-state index in [-0.39, 0.29) is 17.3 Å². The van der Waals surface area contributed by atoms with Crippen LogP contribution in [0.25, 0.3) is 0 Å². The van der Waals surface area contributed by atoms with Gasteiger partial charge in [0.2, 0.25) is 11.6 Å². The topological polar surface area (TPSA) is 66.6 Å². The van der Waals surface area contributed by atoms with Crippen molar-refractivity contribution in [2.75, 3.05) is 0 Å². The fourth-order valence-electron chi connectivity index (χ4n) is 1.28. The summed E-state index contributed by atoms with van der Waals surface area (Å²) < 4.78 is 0. The number of carbonyl (C=O) groups excluding carboxylic acids is 1. The van der Waals surface area contributed by atoms with Crippen LogP contribution in [0.4, 0.5) is 0 Å². The van der Waals surface area contributed by atoms with Crippen molar-refractivity contribution in [1.82, 2.24) is 9.97 Å². The molecule has 0 unspecified atom stereocenters. The van der Waals surface area contributed by atoms with Crippen LogP contribution in [0.3, 0.4) is 0 Å². The number of hydrogen-bond acceptors (Lipinski definition) is 4. The van der Waals surface area contributed by atoms with E-state index < -0.39 is 0 Å². The lowest BCUT2D eigenvalue weighted by Crippen LogP contribution is -2.05. The molecule has 0 amide bonds. The maximum Gasteiger partial charge on any atom is 0.232 e.